The van der Waals surface area contributed by atoms with Gasteiger partial charge in [0, 0.05) is 55.9 Å². The number of nitrogens with one attached hydrogen (secondary N) is 1. The van der Waals surface area contributed by atoms with Crippen LogP contribution in [-0.4, -0.2) is 55.8 Å². The third kappa shape index (κ3) is 3.94. The quantitative estimate of drug-likeness (QED) is 0.706. The standard InChI is InChI=1S/C22H28N4O/c1-27-22-9-5-4-8-21(22)26-12-10-25(11-13-26)16-18(23)14-17-15-24-20-7-3-2-6-19(17)20/h2-9,15,18,24H,10-14,16,23H2,1H3/t18-/m0/s1. The van der Waals surface area contributed by atoms with Gasteiger partial charge in [-0.15, -0.1) is 0 Å². The van der Waals surface area contributed by atoms with Crippen molar-refractivity contribution in [2.24, 2.45) is 5.73 Å². The van der Waals surface area contributed by atoms with Gasteiger partial charge in [0.25, 0.3) is 0 Å². The summed E-state index contributed by atoms with van der Waals surface area (Å²) in [5.74, 6) is 0.946. The molecular formula is C22H28N4O. The Kier molecular flexibility index (Phi) is 5.32. The highest BCUT2D eigenvalue weighted by atomic mass is 16.5. The molecule has 1 aromatic heterocycles. The number of benzene rings is 2. The number of para-hydroxylation sites is 3. The lowest BCUT2D eigenvalue weighted by atomic mass is 10.0. The Morgan fingerprint density at radius 2 is 1.78 bits per heavy atom. The van der Waals surface area contributed by atoms with Gasteiger partial charge in [-0.25, -0.2) is 0 Å². The van der Waals surface area contributed by atoms with Crippen LogP contribution < -0.4 is 15.4 Å². The van der Waals surface area contributed by atoms with Crippen LogP contribution in [0.15, 0.2) is 54.7 Å². The first-order valence-electron chi connectivity index (χ1n) is 9.65. The van der Waals surface area contributed by atoms with Crippen LogP contribution in [0.1, 0.15) is 5.56 Å². The first-order chi connectivity index (χ1) is 13.2. The molecule has 0 saturated carbocycles. The first-order valence-corrected chi connectivity index (χ1v) is 9.65. The van der Waals surface area contributed by atoms with Gasteiger partial charge in [0.2, 0.25) is 0 Å². The van der Waals surface area contributed by atoms with Gasteiger partial charge in [0.1, 0.15) is 5.75 Å². The summed E-state index contributed by atoms with van der Waals surface area (Å²) < 4.78 is 5.51. The maximum absolute atomic E-state index is 6.49. The van der Waals surface area contributed by atoms with Crippen LogP contribution in [0.5, 0.6) is 5.75 Å². The fourth-order valence-electron chi connectivity index (χ4n) is 4.04. The summed E-state index contributed by atoms with van der Waals surface area (Å²) in [6.07, 6.45) is 3.00. The largest absolute Gasteiger partial charge is 0.495 e. The van der Waals surface area contributed by atoms with Crippen LogP contribution >= 0.6 is 0 Å². The number of fused-ring (bicyclic) bond motifs is 1. The maximum atomic E-state index is 6.49. The number of aromatic nitrogens is 1. The lowest BCUT2D eigenvalue weighted by molar-refractivity contribution is 0.241. The Balaban J connectivity index is 1.32. The zero-order valence-electron chi connectivity index (χ0n) is 15.9. The van der Waals surface area contributed by atoms with Gasteiger partial charge in [0.15, 0.2) is 0 Å². The second-order valence-electron chi connectivity index (χ2n) is 7.28. The van der Waals surface area contributed by atoms with E-state index in [4.69, 9.17) is 10.5 Å². The van der Waals surface area contributed by atoms with Crippen molar-refractivity contribution in [3.63, 3.8) is 0 Å². The molecule has 4 rings (SSSR count). The van der Waals surface area contributed by atoms with Gasteiger partial charge in [0.05, 0.1) is 12.8 Å². The molecule has 1 atom stereocenters. The van der Waals surface area contributed by atoms with Gasteiger partial charge >= 0.3 is 0 Å². The molecule has 27 heavy (non-hydrogen) atoms. The van der Waals surface area contributed by atoms with Crippen molar-refractivity contribution < 1.29 is 4.74 Å². The zero-order chi connectivity index (χ0) is 18.6. The first kappa shape index (κ1) is 17.9. The Labute approximate surface area is 160 Å². The number of nitrogens with zero attached hydrogens (tertiary/aromatic N) is 2. The fourth-order valence-corrected chi connectivity index (χ4v) is 4.04. The molecule has 1 aliphatic heterocycles. The van der Waals surface area contributed by atoms with E-state index in [0.29, 0.717) is 0 Å². The summed E-state index contributed by atoms with van der Waals surface area (Å²) in [7, 11) is 1.73. The van der Waals surface area contributed by atoms with E-state index in [2.05, 4.69) is 57.4 Å². The Morgan fingerprint density at radius 1 is 1.04 bits per heavy atom. The molecule has 0 unspecified atom stereocenters. The zero-order valence-corrected chi connectivity index (χ0v) is 15.9. The second kappa shape index (κ2) is 8.03. The second-order valence-corrected chi connectivity index (χ2v) is 7.28. The van der Waals surface area contributed by atoms with Gasteiger partial charge < -0.3 is 20.4 Å². The summed E-state index contributed by atoms with van der Waals surface area (Å²) in [5.41, 5.74) is 10.2. The van der Waals surface area contributed by atoms with Crippen LogP contribution in [0.4, 0.5) is 5.69 Å². The summed E-state index contributed by atoms with van der Waals surface area (Å²) in [5, 5.41) is 1.29. The lowest BCUT2D eigenvalue weighted by Crippen LogP contribution is -2.50. The molecule has 1 fully saturated rings. The van der Waals surface area contributed by atoms with Crippen molar-refractivity contribution in [3.8, 4) is 5.75 Å². The summed E-state index contributed by atoms with van der Waals surface area (Å²) in [6, 6.07) is 16.8. The van der Waals surface area contributed by atoms with Crippen molar-refractivity contribution in [1.29, 1.82) is 0 Å². The van der Waals surface area contributed by atoms with E-state index in [9.17, 15) is 0 Å². The minimum absolute atomic E-state index is 0.141. The van der Waals surface area contributed by atoms with E-state index in [1.807, 2.05) is 12.1 Å². The summed E-state index contributed by atoms with van der Waals surface area (Å²) >= 11 is 0. The molecular weight excluding hydrogens is 336 g/mol. The molecule has 3 aromatic rings. The number of piperazine rings is 1. The average Bonchev–Trinajstić information content (AvgIpc) is 3.11. The molecule has 2 heterocycles. The van der Waals surface area contributed by atoms with Gasteiger partial charge in [-0.05, 0) is 30.2 Å². The van der Waals surface area contributed by atoms with Crippen molar-refractivity contribution in [2.75, 3.05) is 44.7 Å². The van der Waals surface area contributed by atoms with Crippen LogP contribution in [0, 0.1) is 0 Å². The van der Waals surface area contributed by atoms with E-state index in [1.165, 1.54) is 22.2 Å². The van der Waals surface area contributed by atoms with E-state index in [-0.39, 0.29) is 6.04 Å². The summed E-state index contributed by atoms with van der Waals surface area (Å²) in [4.78, 5) is 8.23. The predicted octanol–water partition coefficient (Wildman–Crippen LogP) is 2.87. The highest BCUT2D eigenvalue weighted by Gasteiger charge is 2.21. The molecule has 5 nitrogen and oxygen atoms in total. The fraction of sp³-hybridized carbons (Fsp3) is 0.364. The van der Waals surface area contributed by atoms with E-state index >= 15 is 0 Å². The molecule has 142 valence electrons. The van der Waals surface area contributed by atoms with Gasteiger partial charge in [-0.3, -0.25) is 4.90 Å². The topological polar surface area (TPSA) is 57.5 Å². The molecule has 0 bridgehead atoms. The van der Waals surface area contributed by atoms with Gasteiger partial charge in [-0.2, -0.15) is 0 Å². The lowest BCUT2D eigenvalue weighted by Gasteiger charge is -2.37. The smallest absolute Gasteiger partial charge is 0.142 e. The van der Waals surface area contributed by atoms with Crippen molar-refractivity contribution in [1.82, 2.24) is 9.88 Å². The predicted molar refractivity (Wildman–Crippen MR) is 112 cm³/mol. The molecule has 0 radical (unpaired) electrons. The summed E-state index contributed by atoms with van der Waals surface area (Å²) in [6.45, 7) is 4.99. The molecule has 1 aliphatic rings. The Morgan fingerprint density at radius 3 is 2.59 bits per heavy atom. The maximum Gasteiger partial charge on any atom is 0.142 e. The molecule has 0 aliphatic carbocycles. The number of aromatic amines is 1. The molecule has 5 heteroatoms. The molecule has 0 amide bonds. The number of anilines is 1. The van der Waals surface area contributed by atoms with E-state index in [1.54, 1.807) is 7.11 Å². The number of hydrogen-bond acceptors (Lipinski definition) is 4. The number of H-pyrrole nitrogens is 1. The molecule has 1 saturated heterocycles. The number of rotatable bonds is 6. The van der Waals surface area contributed by atoms with Crippen LogP contribution in [0.25, 0.3) is 10.9 Å². The molecule has 2 aromatic carbocycles. The van der Waals surface area contributed by atoms with Crippen molar-refractivity contribution in [3.05, 3.63) is 60.3 Å². The van der Waals surface area contributed by atoms with Crippen molar-refractivity contribution >= 4 is 16.6 Å². The molecule has 3 N–H and O–H groups in total. The SMILES string of the molecule is COc1ccccc1N1CCN(C[C@@H](N)Cc2c[nH]c3ccccc23)CC1. The van der Waals surface area contributed by atoms with Gasteiger partial charge in [-0.1, -0.05) is 30.3 Å². The third-order valence-electron chi connectivity index (χ3n) is 5.45. The Hall–Kier alpha value is -2.50. The molecule has 0 spiro atoms. The number of hydrogen-bond donors (Lipinski definition) is 2. The van der Waals surface area contributed by atoms with Crippen LogP contribution in [0.3, 0.4) is 0 Å². The number of methoxy groups -OCH3 is 1. The van der Waals surface area contributed by atoms with E-state index in [0.717, 1.165) is 44.9 Å². The third-order valence-corrected chi connectivity index (χ3v) is 5.45. The Bertz CT molecular complexity index is 883. The minimum Gasteiger partial charge on any atom is -0.495 e. The number of ether oxygens (including phenoxy) is 1. The minimum atomic E-state index is 0.141. The van der Waals surface area contributed by atoms with Crippen LogP contribution in [0.2, 0.25) is 0 Å². The van der Waals surface area contributed by atoms with Crippen molar-refractivity contribution in [2.45, 2.75) is 12.5 Å². The number of nitrogens with two attached hydrogens (primary N) is 1. The highest BCUT2D eigenvalue weighted by molar-refractivity contribution is 5.83. The normalized spacial score (nSPS) is 16.6. The average molecular weight is 364 g/mol. The van der Waals surface area contributed by atoms with E-state index < -0.39 is 0 Å². The highest BCUT2D eigenvalue weighted by Crippen LogP contribution is 2.28. The monoisotopic (exact) mass is 364 g/mol. The van der Waals surface area contributed by atoms with Crippen LogP contribution in [-0.2, 0) is 6.42 Å².